The van der Waals surface area contributed by atoms with E-state index in [9.17, 15) is 14.3 Å². The van der Waals surface area contributed by atoms with Gasteiger partial charge in [-0.05, 0) is 44.0 Å². The highest BCUT2D eigenvalue weighted by Gasteiger charge is 2.45. The maximum absolute atomic E-state index is 14.8. The minimum absolute atomic E-state index is 0. The molecule has 9 nitrogen and oxygen atoms in total. The number of anilines is 1. The number of nitrogens with zero attached hydrogens (tertiary/aromatic N) is 5. The second-order valence-corrected chi connectivity index (χ2v) is 8.71. The van der Waals surface area contributed by atoms with Gasteiger partial charge >= 0.3 is 6.09 Å². The van der Waals surface area contributed by atoms with Crippen LogP contribution in [0.1, 0.15) is 30.5 Å². The Labute approximate surface area is 194 Å². The summed E-state index contributed by atoms with van der Waals surface area (Å²) in [6.45, 7) is 8.69. The summed E-state index contributed by atoms with van der Waals surface area (Å²) < 4.78 is 20.0. The van der Waals surface area contributed by atoms with Crippen molar-refractivity contribution in [2.24, 2.45) is 5.92 Å². The van der Waals surface area contributed by atoms with Crippen molar-refractivity contribution in [3.8, 4) is 11.4 Å². The van der Waals surface area contributed by atoms with Crippen LogP contribution >= 0.6 is 0 Å². The molecule has 33 heavy (non-hydrogen) atoms. The lowest BCUT2D eigenvalue weighted by Crippen LogP contribution is -2.65. The van der Waals surface area contributed by atoms with E-state index in [0.717, 1.165) is 0 Å². The van der Waals surface area contributed by atoms with Crippen molar-refractivity contribution in [2.75, 3.05) is 31.1 Å². The van der Waals surface area contributed by atoms with Crippen LogP contribution < -0.4 is 4.90 Å². The van der Waals surface area contributed by atoms with E-state index in [4.69, 9.17) is 4.74 Å². The van der Waals surface area contributed by atoms with E-state index in [1.165, 1.54) is 6.07 Å². The molecule has 1 amide bonds. The molecular weight excluding hydrogens is 427 g/mol. The number of nitrogens with one attached hydrogen (secondary N) is 1. The zero-order chi connectivity index (χ0) is 23.8. The molecule has 180 valence electrons. The number of aromatic nitrogens is 4. The van der Waals surface area contributed by atoms with Crippen molar-refractivity contribution in [2.45, 2.75) is 39.3 Å². The lowest BCUT2D eigenvalue weighted by Gasteiger charge is -2.48. The number of carbonyl (C=O) groups is 1. The summed E-state index contributed by atoms with van der Waals surface area (Å²) in [5.41, 5.74) is -0.0916. The maximum Gasteiger partial charge on any atom is 0.410 e. The molecule has 1 aliphatic rings. The standard InChI is InChI=1S/C23H29FN6O3.2H2/c1-5-33-22(31)30-12-11-29(13-17(30)23(4,32)14(2)3)18-9-8-16(24)20(26-18)19-15-7-6-10-25-21(15)28-27-19;;/h6-10,14,17,32H,5,11-13H2,1-4H3,(H,25,27,28);2*1H. The number of amides is 1. The van der Waals surface area contributed by atoms with Crippen LogP contribution in [-0.4, -0.2) is 74.1 Å². The van der Waals surface area contributed by atoms with Gasteiger partial charge in [-0.15, -0.1) is 0 Å². The van der Waals surface area contributed by atoms with Crippen molar-refractivity contribution < 1.29 is 21.9 Å². The molecule has 2 unspecified atom stereocenters. The third-order valence-electron chi connectivity index (χ3n) is 6.45. The first-order valence-corrected chi connectivity index (χ1v) is 11.1. The van der Waals surface area contributed by atoms with E-state index in [1.807, 2.05) is 24.8 Å². The first kappa shape index (κ1) is 22.9. The van der Waals surface area contributed by atoms with E-state index in [2.05, 4.69) is 20.2 Å². The van der Waals surface area contributed by atoms with E-state index >= 15 is 0 Å². The molecule has 1 aliphatic heterocycles. The van der Waals surface area contributed by atoms with Gasteiger partial charge in [0, 0.05) is 34.1 Å². The monoisotopic (exact) mass is 460 g/mol. The average Bonchev–Trinajstić information content (AvgIpc) is 3.23. The smallest absolute Gasteiger partial charge is 0.410 e. The zero-order valence-corrected chi connectivity index (χ0v) is 19.2. The Morgan fingerprint density at radius 3 is 2.91 bits per heavy atom. The van der Waals surface area contributed by atoms with Gasteiger partial charge in [-0.3, -0.25) is 10.00 Å². The molecule has 0 aliphatic carbocycles. The molecule has 0 bridgehead atoms. The van der Waals surface area contributed by atoms with E-state index in [0.29, 0.717) is 42.2 Å². The van der Waals surface area contributed by atoms with Crippen LogP contribution in [0.15, 0.2) is 30.5 Å². The van der Waals surface area contributed by atoms with Crippen LogP contribution in [0.2, 0.25) is 0 Å². The van der Waals surface area contributed by atoms with E-state index in [-0.39, 0.29) is 21.1 Å². The van der Waals surface area contributed by atoms with Crippen molar-refractivity contribution in [1.82, 2.24) is 25.1 Å². The minimum Gasteiger partial charge on any atom is -0.450 e. The van der Waals surface area contributed by atoms with Crippen LogP contribution in [0.3, 0.4) is 0 Å². The molecule has 2 N–H and O–H groups in total. The maximum atomic E-state index is 14.8. The number of hydrogen-bond donors (Lipinski definition) is 2. The predicted octanol–water partition coefficient (Wildman–Crippen LogP) is 3.71. The fraction of sp³-hybridized carbons (Fsp3) is 0.478. The van der Waals surface area contributed by atoms with Crippen LogP contribution in [0.5, 0.6) is 0 Å². The van der Waals surface area contributed by atoms with Crippen LogP contribution in [-0.2, 0) is 4.74 Å². The molecule has 4 heterocycles. The molecule has 1 saturated heterocycles. The minimum atomic E-state index is -1.17. The fourth-order valence-electron chi connectivity index (χ4n) is 4.12. The third-order valence-corrected chi connectivity index (χ3v) is 6.45. The molecular formula is C23H33FN6O3. The summed E-state index contributed by atoms with van der Waals surface area (Å²) in [7, 11) is 0. The Kier molecular flexibility index (Phi) is 6.20. The molecule has 3 aromatic heterocycles. The first-order valence-electron chi connectivity index (χ1n) is 11.1. The largest absolute Gasteiger partial charge is 0.450 e. The average molecular weight is 461 g/mol. The van der Waals surface area contributed by atoms with Gasteiger partial charge in [0.05, 0.1) is 23.9 Å². The summed E-state index contributed by atoms with van der Waals surface area (Å²) in [5.74, 6) is -0.0462. The van der Waals surface area contributed by atoms with Gasteiger partial charge in [0.1, 0.15) is 11.5 Å². The Hall–Kier alpha value is -3.27. The number of carbonyl (C=O) groups excluding carboxylic acids is 1. The molecule has 0 aromatic carbocycles. The molecule has 1 fully saturated rings. The first-order chi connectivity index (χ1) is 15.7. The lowest BCUT2D eigenvalue weighted by molar-refractivity contribution is -0.0653. The van der Waals surface area contributed by atoms with Crippen LogP contribution in [0.25, 0.3) is 22.4 Å². The number of ether oxygens (including phenoxy) is 1. The highest BCUT2D eigenvalue weighted by molar-refractivity contribution is 5.89. The molecule has 4 rings (SSSR count). The van der Waals surface area contributed by atoms with E-state index < -0.39 is 23.6 Å². The Balaban J connectivity index is 0.00000216. The number of pyridine rings is 2. The van der Waals surface area contributed by atoms with Gasteiger partial charge < -0.3 is 14.7 Å². The molecule has 10 heteroatoms. The molecule has 3 aromatic rings. The van der Waals surface area contributed by atoms with E-state index in [1.54, 1.807) is 37.1 Å². The second kappa shape index (κ2) is 8.93. The summed E-state index contributed by atoms with van der Waals surface area (Å²) in [4.78, 5) is 24.9. The summed E-state index contributed by atoms with van der Waals surface area (Å²) in [6.07, 6.45) is 1.17. The van der Waals surface area contributed by atoms with Gasteiger partial charge in [0.15, 0.2) is 11.5 Å². The van der Waals surface area contributed by atoms with Gasteiger partial charge in [0.2, 0.25) is 0 Å². The second-order valence-electron chi connectivity index (χ2n) is 8.71. The fourth-order valence-corrected chi connectivity index (χ4v) is 4.12. The molecule has 0 saturated carbocycles. The number of rotatable bonds is 5. The van der Waals surface area contributed by atoms with Gasteiger partial charge in [0.25, 0.3) is 0 Å². The normalized spacial score (nSPS) is 18.6. The molecule has 0 radical (unpaired) electrons. The number of aliphatic hydroxyl groups is 1. The van der Waals surface area contributed by atoms with Crippen LogP contribution in [0, 0.1) is 11.7 Å². The van der Waals surface area contributed by atoms with Crippen molar-refractivity contribution >= 4 is 22.9 Å². The summed E-state index contributed by atoms with van der Waals surface area (Å²) in [5, 5.41) is 18.9. The molecule has 0 spiro atoms. The lowest BCUT2D eigenvalue weighted by atomic mass is 9.83. The predicted molar refractivity (Wildman–Crippen MR) is 126 cm³/mol. The number of halogens is 1. The van der Waals surface area contributed by atoms with Crippen LogP contribution in [0.4, 0.5) is 15.0 Å². The van der Waals surface area contributed by atoms with Gasteiger partial charge in [-0.2, -0.15) is 5.10 Å². The van der Waals surface area contributed by atoms with Gasteiger partial charge in [-0.1, -0.05) is 13.8 Å². The van der Waals surface area contributed by atoms with Gasteiger partial charge in [-0.25, -0.2) is 19.2 Å². The van der Waals surface area contributed by atoms with Crippen molar-refractivity contribution in [3.05, 3.63) is 36.3 Å². The number of fused-ring (bicyclic) bond motifs is 1. The molecule has 2 atom stereocenters. The summed E-state index contributed by atoms with van der Waals surface area (Å²) >= 11 is 0. The third kappa shape index (κ3) is 4.22. The highest BCUT2D eigenvalue weighted by atomic mass is 19.1. The van der Waals surface area contributed by atoms with Crippen molar-refractivity contribution in [3.63, 3.8) is 0 Å². The highest BCUT2D eigenvalue weighted by Crippen LogP contribution is 2.32. The zero-order valence-electron chi connectivity index (χ0n) is 19.2. The Bertz CT molecular complexity index is 1160. The Morgan fingerprint density at radius 2 is 2.18 bits per heavy atom. The number of hydrogen-bond acceptors (Lipinski definition) is 7. The number of piperazine rings is 1. The summed E-state index contributed by atoms with van der Waals surface area (Å²) in [6, 6.07) is 6.02. The number of aromatic amines is 1. The quantitative estimate of drug-likeness (QED) is 0.598. The topological polar surface area (TPSA) is 107 Å². The Morgan fingerprint density at radius 1 is 1.39 bits per heavy atom. The van der Waals surface area contributed by atoms with Crippen molar-refractivity contribution in [1.29, 1.82) is 0 Å². The number of H-pyrrole nitrogens is 1. The SMILES string of the molecule is CCOC(=O)N1CCN(c2ccc(F)c(-c3[nH]nc4ncccc34)n2)CC1C(C)(O)C(C)C.[HH].[HH].